The molecule has 0 atom stereocenters. The zero-order valence-electron chi connectivity index (χ0n) is 15.2. The number of hydrogen-bond donors (Lipinski definition) is 1. The summed E-state index contributed by atoms with van der Waals surface area (Å²) in [6.07, 6.45) is 0.310. The minimum Gasteiger partial charge on any atom is -0.497 e. The van der Waals surface area contributed by atoms with Crippen molar-refractivity contribution in [1.82, 2.24) is 14.9 Å². The third-order valence-corrected chi connectivity index (χ3v) is 5.29. The molecule has 2 aromatic carbocycles. The fourth-order valence-electron chi connectivity index (χ4n) is 2.50. The van der Waals surface area contributed by atoms with Gasteiger partial charge in [-0.25, -0.2) is 13.1 Å². The normalized spacial score (nSPS) is 11.5. The van der Waals surface area contributed by atoms with Crippen LogP contribution in [0.15, 0.2) is 53.1 Å². The maximum absolute atomic E-state index is 12.2. The molecule has 142 valence electrons. The lowest BCUT2D eigenvalue weighted by atomic mass is 10.2. The second-order valence-electron chi connectivity index (χ2n) is 6.13. The molecule has 0 bridgehead atoms. The molecule has 0 saturated carbocycles. The summed E-state index contributed by atoms with van der Waals surface area (Å²) < 4.78 is 37.3. The Labute approximate surface area is 158 Å². The van der Waals surface area contributed by atoms with Crippen LogP contribution in [0.4, 0.5) is 0 Å². The van der Waals surface area contributed by atoms with E-state index in [4.69, 9.17) is 9.26 Å². The Balaban J connectivity index is 1.56. The average molecular weight is 387 g/mol. The molecule has 1 heterocycles. The highest BCUT2D eigenvalue weighted by atomic mass is 32.2. The van der Waals surface area contributed by atoms with E-state index in [1.807, 2.05) is 49.4 Å². The van der Waals surface area contributed by atoms with Gasteiger partial charge in [-0.15, -0.1) is 0 Å². The zero-order valence-corrected chi connectivity index (χ0v) is 16.0. The van der Waals surface area contributed by atoms with Crippen LogP contribution in [-0.2, 0) is 22.2 Å². The molecule has 0 amide bonds. The smallest absolute Gasteiger partial charge is 0.228 e. The summed E-state index contributed by atoms with van der Waals surface area (Å²) in [7, 11) is -1.84. The highest BCUT2D eigenvalue weighted by Gasteiger charge is 2.13. The van der Waals surface area contributed by atoms with Gasteiger partial charge in [-0.2, -0.15) is 4.98 Å². The molecule has 0 aliphatic rings. The van der Waals surface area contributed by atoms with E-state index in [2.05, 4.69) is 14.9 Å². The number of aryl methyl sites for hydroxylation is 1. The third-order valence-electron chi connectivity index (χ3n) is 3.93. The standard InChI is InChI=1S/C19H21N3O4S/c1-14-6-8-15(9-7-14)13-27(23,24)20-11-10-18-21-19(22-26-18)16-4-3-5-17(12-16)25-2/h3-9,12,20H,10-11,13H2,1-2H3. The van der Waals surface area contributed by atoms with E-state index in [0.717, 1.165) is 16.7 Å². The molecule has 27 heavy (non-hydrogen) atoms. The summed E-state index contributed by atoms with van der Waals surface area (Å²) in [5, 5.41) is 3.93. The first-order chi connectivity index (χ1) is 12.9. The molecular formula is C19H21N3O4S. The largest absolute Gasteiger partial charge is 0.497 e. The average Bonchev–Trinajstić information content (AvgIpc) is 3.12. The van der Waals surface area contributed by atoms with Crippen molar-refractivity contribution in [2.45, 2.75) is 19.1 Å². The Hall–Kier alpha value is -2.71. The van der Waals surface area contributed by atoms with Crippen molar-refractivity contribution in [2.24, 2.45) is 0 Å². The topological polar surface area (TPSA) is 94.3 Å². The molecule has 0 aliphatic carbocycles. The second kappa shape index (κ2) is 8.32. The number of aromatic nitrogens is 2. The summed E-state index contributed by atoms with van der Waals surface area (Å²) in [5.41, 5.74) is 2.60. The van der Waals surface area contributed by atoms with E-state index in [0.29, 0.717) is 23.9 Å². The van der Waals surface area contributed by atoms with E-state index >= 15 is 0 Å². The lowest BCUT2D eigenvalue weighted by molar-refractivity contribution is 0.379. The van der Waals surface area contributed by atoms with E-state index in [1.165, 1.54) is 0 Å². The predicted octanol–water partition coefficient (Wildman–Crippen LogP) is 2.72. The van der Waals surface area contributed by atoms with Crippen molar-refractivity contribution in [3.05, 3.63) is 65.5 Å². The minimum atomic E-state index is -3.43. The number of methoxy groups -OCH3 is 1. The summed E-state index contributed by atoms with van der Waals surface area (Å²) in [5.74, 6) is 1.44. The van der Waals surface area contributed by atoms with Crippen molar-refractivity contribution in [3.8, 4) is 17.1 Å². The van der Waals surface area contributed by atoms with E-state index in [-0.39, 0.29) is 12.3 Å². The number of sulfonamides is 1. The zero-order chi connectivity index (χ0) is 19.3. The number of benzene rings is 2. The van der Waals surface area contributed by atoms with Crippen LogP contribution in [0.3, 0.4) is 0 Å². The Morgan fingerprint density at radius 2 is 1.93 bits per heavy atom. The molecule has 1 N–H and O–H groups in total. The maximum atomic E-state index is 12.2. The lowest BCUT2D eigenvalue weighted by Crippen LogP contribution is -2.27. The van der Waals surface area contributed by atoms with Crippen LogP contribution in [-0.4, -0.2) is 32.2 Å². The second-order valence-corrected chi connectivity index (χ2v) is 7.94. The van der Waals surface area contributed by atoms with Gasteiger partial charge < -0.3 is 9.26 Å². The highest BCUT2D eigenvalue weighted by Crippen LogP contribution is 2.21. The Morgan fingerprint density at radius 1 is 1.15 bits per heavy atom. The van der Waals surface area contributed by atoms with Gasteiger partial charge in [0.15, 0.2) is 0 Å². The molecule has 0 spiro atoms. The number of nitrogens with zero attached hydrogens (tertiary/aromatic N) is 2. The first-order valence-corrected chi connectivity index (χ1v) is 10.1. The van der Waals surface area contributed by atoms with Crippen molar-refractivity contribution in [3.63, 3.8) is 0 Å². The van der Waals surface area contributed by atoms with Crippen molar-refractivity contribution >= 4 is 10.0 Å². The van der Waals surface area contributed by atoms with Gasteiger partial charge in [0.2, 0.25) is 21.7 Å². The van der Waals surface area contributed by atoms with Crippen molar-refractivity contribution < 1.29 is 17.7 Å². The van der Waals surface area contributed by atoms with Crippen LogP contribution in [0, 0.1) is 6.92 Å². The fraction of sp³-hybridized carbons (Fsp3) is 0.263. The van der Waals surface area contributed by atoms with Crippen molar-refractivity contribution in [1.29, 1.82) is 0 Å². The quantitative estimate of drug-likeness (QED) is 0.639. The predicted molar refractivity (Wildman–Crippen MR) is 102 cm³/mol. The minimum absolute atomic E-state index is 0.0633. The van der Waals surface area contributed by atoms with Crippen LogP contribution in [0.25, 0.3) is 11.4 Å². The van der Waals surface area contributed by atoms with Crippen molar-refractivity contribution in [2.75, 3.05) is 13.7 Å². The van der Waals surface area contributed by atoms with Crippen LogP contribution in [0.1, 0.15) is 17.0 Å². The molecule has 0 aliphatic heterocycles. The lowest BCUT2D eigenvalue weighted by Gasteiger charge is -2.06. The fourth-order valence-corrected chi connectivity index (χ4v) is 3.65. The summed E-state index contributed by atoms with van der Waals surface area (Å²) in [6, 6.07) is 14.7. The van der Waals surface area contributed by atoms with Gasteiger partial charge in [0.25, 0.3) is 0 Å². The third kappa shape index (κ3) is 5.38. The molecule has 0 fully saturated rings. The molecule has 0 radical (unpaired) electrons. The monoisotopic (exact) mass is 387 g/mol. The molecule has 3 aromatic rings. The van der Waals surface area contributed by atoms with Gasteiger partial charge in [0.05, 0.1) is 12.9 Å². The van der Waals surface area contributed by atoms with Crippen LogP contribution in [0.2, 0.25) is 0 Å². The van der Waals surface area contributed by atoms with Crippen LogP contribution in [0.5, 0.6) is 5.75 Å². The number of ether oxygens (including phenoxy) is 1. The van der Waals surface area contributed by atoms with Gasteiger partial charge in [-0.05, 0) is 24.6 Å². The van der Waals surface area contributed by atoms with Gasteiger partial charge >= 0.3 is 0 Å². The maximum Gasteiger partial charge on any atom is 0.228 e. The molecule has 0 saturated heterocycles. The molecule has 8 heteroatoms. The van der Waals surface area contributed by atoms with E-state index in [1.54, 1.807) is 13.2 Å². The Bertz CT molecular complexity index is 998. The molecular weight excluding hydrogens is 366 g/mol. The molecule has 0 unspecified atom stereocenters. The van der Waals surface area contributed by atoms with Gasteiger partial charge in [-0.3, -0.25) is 0 Å². The SMILES string of the molecule is COc1cccc(-c2noc(CCNS(=O)(=O)Cc3ccc(C)cc3)n2)c1. The highest BCUT2D eigenvalue weighted by molar-refractivity contribution is 7.88. The van der Waals surface area contributed by atoms with E-state index in [9.17, 15) is 8.42 Å². The summed E-state index contributed by atoms with van der Waals surface area (Å²) >= 11 is 0. The van der Waals surface area contributed by atoms with Crippen LogP contribution < -0.4 is 9.46 Å². The molecule has 3 rings (SSSR count). The number of nitrogens with one attached hydrogen (secondary N) is 1. The first kappa shape index (κ1) is 19.1. The Morgan fingerprint density at radius 3 is 2.67 bits per heavy atom. The summed E-state index contributed by atoms with van der Waals surface area (Å²) in [4.78, 5) is 4.30. The van der Waals surface area contributed by atoms with Crippen LogP contribution >= 0.6 is 0 Å². The molecule has 1 aromatic heterocycles. The van der Waals surface area contributed by atoms with Gasteiger partial charge in [0, 0.05) is 18.5 Å². The van der Waals surface area contributed by atoms with Gasteiger partial charge in [-0.1, -0.05) is 47.1 Å². The molecule has 7 nitrogen and oxygen atoms in total. The van der Waals surface area contributed by atoms with E-state index < -0.39 is 10.0 Å². The summed E-state index contributed by atoms with van der Waals surface area (Å²) in [6.45, 7) is 2.15. The number of hydrogen-bond acceptors (Lipinski definition) is 6. The number of rotatable bonds is 8. The Kier molecular flexibility index (Phi) is 5.88. The van der Waals surface area contributed by atoms with Gasteiger partial charge in [0.1, 0.15) is 5.75 Å². The first-order valence-electron chi connectivity index (χ1n) is 8.45.